The largest absolute Gasteiger partial charge is 0.507 e. The highest BCUT2D eigenvalue weighted by Gasteiger charge is 2.57. The van der Waals surface area contributed by atoms with E-state index in [1.807, 2.05) is 0 Å². The zero-order valence-corrected chi connectivity index (χ0v) is 24.1. The van der Waals surface area contributed by atoms with Crippen LogP contribution in [0.5, 0.6) is 17.2 Å². The molecule has 12 nitrogen and oxygen atoms in total. The zero-order valence-electron chi connectivity index (χ0n) is 28.5. The van der Waals surface area contributed by atoms with Gasteiger partial charge in [0.2, 0.25) is 11.6 Å². The summed E-state index contributed by atoms with van der Waals surface area (Å²) in [4.78, 5) is 27.8. The van der Waals surface area contributed by atoms with Crippen LogP contribution >= 0.6 is 15.9 Å². The van der Waals surface area contributed by atoms with Crippen molar-refractivity contribution in [3.05, 3.63) is 51.6 Å². The summed E-state index contributed by atoms with van der Waals surface area (Å²) in [6.07, 6.45) is -6.53. The van der Waals surface area contributed by atoms with Gasteiger partial charge >= 0.3 is 0 Å². The van der Waals surface area contributed by atoms with Gasteiger partial charge in [-0.1, -0.05) is 28.1 Å². The second kappa shape index (κ2) is 11.1. The van der Waals surface area contributed by atoms with Crippen LogP contribution in [0.1, 0.15) is 77.1 Å². The van der Waals surface area contributed by atoms with E-state index >= 15 is 0 Å². The van der Waals surface area contributed by atoms with Crippen LogP contribution in [0.25, 0.3) is 0 Å². The van der Waals surface area contributed by atoms with Gasteiger partial charge in [-0.05, 0) is 13.0 Å². The molecule has 1 fully saturated rings. The third-order valence-corrected chi connectivity index (χ3v) is 9.10. The monoisotopic (exact) mass is 657 g/mol. The number of nitrogens with two attached hydrogens (primary N) is 1. The molecule has 1 aliphatic heterocycles. The number of aliphatic hydroxyl groups is 2. The number of carbonyl (C=O) groups excluding carboxylic acids is 2. The highest BCUT2D eigenvalue weighted by atomic mass is 79.9. The molecule has 0 bridgehead atoms. The molecule has 228 valence electrons. The van der Waals surface area contributed by atoms with E-state index in [0.717, 1.165) is 0 Å². The van der Waals surface area contributed by atoms with Gasteiger partial charge in [0.15, 0.2) is 12.1 Å². The molecule has 2 aromatic rings. The second-order valence-corrected chi connectivity index (χ2v) is 11.2. The molecule has 0 spiro atoms. The first-order valence-electron chi connectivity index (χ1n) is 16.0. The summed E-state index contributed by atoms with van der Waals surface area (Å²) in [5.41, 5.74) is 1.19. The van der Waals surface area contributed by atoms with Crippen molar-refractivity contribution in [1.29, 1.82) is 0 Å². The third-order valence-electron chi connectivity index (χ3n) is 8.36. The van der Waals surface area contributed by atoms with Crippen molar-refractivity contribution in [2.45, 2.75) is 68.2 Å². The number of alkyl halides is 1. The molecule has 2 aromatic carbocycles. The number of phenols is 2. The van der Waals surface area contributed by atoms with Gasteiger partial charge in [0.1, 0.15) is 22.8 Å². The van der Waals surface area contributed by atoms with E-state index in [2.05, 4.69) is 15.9 Å². The summed E-state index contributed by atoms with van der Waals surface area (Å²) in [6, 6.07) is 3.35. The van der Waals surface area contributed by atoms with Gasteiger partial charge in [-0.25, -0.2) is 0 Å². The summed E-state index contributed by atoms with van der Waals surface area (Å²) >= 11 is 3.03. The highest BCUT2D eigenvalue weighted by molar-refractivity contribution is 9.09. The fourth-order valence-electron chi connectivity index (χ4n) is 6.07. The van der Waals surface area contributed by atoms with E-state index in [1.54, 1.807) is 0 Å². The molecule has 6 N–H and O–H groups in total. The third kappa shape index (κ3) is 4.46. The number of benzene rings is 2. The normalized spacial score (nSPS) is 31.8. The van der Waals surface area contributed by atoms with E-state index in [9.17, 15) is 30.0 Å². The van der Waals surface area contributed by atoms with E-state index < -0.39 is 108 Å². The molecule has 3 aliphatic rings. The lowest BCUT2D eigenvalue weighted by atomic mass is 9.70. The Morgan fingerprint density at radius 3 is 2.48 bits per heavy atom. The Balaban J connectivity index is 1.75. The summed E-state index contributed by atoms with van der Waals surface area (Å²) < 4.78 is 74.2. The maximum atomic E-state index is 13.9. The molecule has 0 aromatic heterocycles. The molecular weight excluding hydrogens is 618 g/mol. The van der Waals surface area contributed by atoms with Gasteiger partial charge < -0.3 is 49.8 Å². The number of hydrogen-bond acceptors (Lipinski definition) is 12. The Morgan fingerprint density at radius 2 is 1.86 bits per heavy atom. The van der Waals surface area contributed by atoms with Gasteiger partial charge in [-0.2, -0.15) is 0 Å². The van der Waals surface area contributed by atoms with Crippen LogP contribution in [0.3, 0.4) is 0 Å². The summed E-state index contributed by atoms with van der Waals surface area (Å²) in [5, 5.41) is 45.4. The van der Waals surface area contributed by atoms with Crippen molar-refractivity contribution in [2.24, 2.45) is 5.73 Å². The van der Waals surface area contributed by atoms with Gasteiger partial charge in [0.25, 0.3) is 0 Å². The van der Waals surface area contributed by atoms with Crippen LogP contribution in [0.15, 0.2) is 18.2 Å². The highest BCUT2D eigenvalue weighted by Crippen LogP contribution is 2.54. The van der Waals surface area contributed by atoms with Crippen LogP contribution in [0.2, 0.25) is 0 Å². The summed E-state index contributed by atoms with van der Waals surface area (Å²) in [7, 11) is -5.41. The number of ketones is 2. The molecule has 0 radical (unpaired) electrons. The van der Waals surface area contributed by atoms with Crippen molar-refractivity contribution in [1.82, 2.24) is 0 Å². The average Bonchev–Trinajstić information content (AvgIpc) is 2.97. The number of rotatable bonds is 7. The predicted molar refractivity (Wildman–Crippen MR) is 150 cm³/mol. The van der Waals surface area contributed by atoms with Gasteiger partial charge in [0, 0.05) is 56.1 Å². The topological polar surface area (TPSA) is 187 Å². The molecular formula is C29H34BrNO11. The fraction of sp³-hybridized carbons (Fsp3) is 0.517. The number of hydrogen-bond donors (Lipinski definition) is 5. The molecule has 0 unspecified atom stereocenters. The van der Waals surface area contributed by atoms with E-state index in [1.165, 1.54) is 32.2 Å². The van der Waals surface area contributed by atoms with Gasteiger partial charge in [0.05, 0.1) is 55.7 Å². The lowest BCUT2D eigenvalue weighted by Gasteiger charge is -2.49. The second-order valence-electron chi connectivity index (χ2n) is 10.7. The molecule has 1 heterocycles. The van der Waals surface area contributed by atoms with Crippen molar-refractivity contribution in [3.63, 3.8) is 0 Å². The lowest BCUT2D eigenvalue weighted by molar-refractivity contribution is -0.306. The SMILES string of the molecule is [2H]C([2H])([2H])OC(CBr)(OC([2H])([2H])[2H])[C@]1(O)Cc2c(O)c3c(c(O)c2[C@@H](O[C@H]2C[C@@H](N)[C@@H](O)[C@H](C)O2)C1)C(=O)c1c(OC)cccc1C3=O. The Morgan fingerprint density at radius 1 is 1.17 bits per heavy atom. The molecule has 5 rings (SSSR count). The maximum Gasteiger partial charge on any atom is 0.207 e. The number of fused-ring (bicyclic) bond motifs is 3. The molecule has 6 atom stereocenters. The molecule has 0 amide bonds. The smallest absolute Gasteiger partial charge is 0.207 e. The number of methoxy groups -OCH3 is 3. The maximum absolute atomic E-state index is 13.9. The van der Waals surface area contributed by atoms with Crippen LogP contribution < -0.4 is 10.5 Å². The molecule has 42 heavy (non-hydrogen) atoms. The zero-order chi connectivity index (χ0) is 35.7. The fourth-order valence-corrected chi connectivity index (χ4v) is 6.82. The first-order valence-corrected chi connectivity index (χ1v) is 14.1. The van der Waals surface area contributed by atoms with Crippen LogP contribution in [0.4, 0.5) is 0 Å². The van der Waals surface area contributed by atoms with Gasteiger partial charge in [-0.3, -0.25) is 9.59 Å². The van der Waals surface area contributed by atoms with Crippen molar-refractivity contribution < 1.29 is 61.9 Å². The molecule has 2 aliphatic carbocycles. The number of carbonyl (C=O) groups is 2. The van der Waals surface area contributed by atoms with Gasteiger partial charge in [-0.15, -0.1) is 0 Å². The number of ether oxygens (including phenoxy) is 5. The number of aromatic hydroxyl groups is 2. The number of aliphatic hydroxyl groups excluding tert-OH is 1. The number of halogens is 1. The van der Waals surface area contributed by atoms with Crippen molar-refractivity contribution >= 4 is 27.5 Å². The minimum Gasteiger partial charge on any atom is -0.507 e. The van der Waals surface area contributed by atoms with Crippen LogP contribution in [-0.2, 0) is 25.4 Å². The first kappa shape index (κ1) is 23.8. The lowest BCUT2D eigenvalue weighted by Crippen LogP contribution is -2.61. The summed E-state index contributed by atoms with van der Waals surface area (Å²) in [6.45, 7) is 1.52. The van der Waals surface area contributed by atoms with Crippen LogP contribution in [0, 0.1) is 0 Å². The Hall–Kier alpha value is -2.62. The average molecular weight is 659 g/mol. The quantitative estimate of drug-likeness (QED) is 0.141. The molecule has 0 saturated carbocycles. The minimum absolute atomic E-state index is 0.0261. The summed E-state index contributed by atoms with van der Waals surface area (Å²) in [5.74, 6) is -6.29. The number of phenolic OH excluding ortho intramolecular Hbond substituents is 2. The molecule has 13 heteroatoms. The first-order chi connectivity index (χ1) is 22.2. The Kier molecular flexibility index (Phi) is 6.31. The standard InChI is InChI=1S/C29H34BrNO11/c1-12-23(32)15(31)8-18(41-12)42-17-10-28(37,29(11-30,39-3)40-4)9-14-20(17)27(36)22-21(25(14)34)24(33)13-6-5-7-16(38-2)19(13)26(22)35/h5-7,12,15,17-18,23,32,34,36-37H,8-11,31H2,1-4H3/t12-,15+,17-,18-,23-,28-/m0/s1/i3D3,4D3. The Labute approximate surface area is 258 Å². The van der Waals surface area contributed by atoms with Crippen LogP contribution in [-0.4, -0.2) is 94.4 Å². The van der Waals surface area contributed by atoms with E-state index in [0.29, 0.717) is 0 Å². The molecule has 1 saturated heterocycles. The minimum atomic E-state index is -3.35. The van der Waals surface area contributed by atoms with Crippen molar-refractivity contribution in [2.75, 3.05) is 26.5 Å². The van der Waals surface area contributed by atoms with E-state index in [-0.39, 0.29) is 34.4 Å². The predicted octanol–water partition coefficient (Wildman–Crippen LogP) is 1.82. The van der Waals surface area contributed by atoms with Crippen molar-refractivity contribution in [3.8, 4) is 17.2 Å². The Bertz CT molecular complexity index is 1610. The van der Waals surface area contributed by atoms with E-state index in [4.69, 9.17) is 37.6 Å².